The first-order valence-corrected chi connectivity index (χ1v) is 5.62. The zero-order chi connectivity index (χ0) is 9.56. The highest BCUT2D eigenvalue weighted by Crippen LogP contribution is 1.92. The smallest absolute Gasteiger partial charge is 0.0666 e. The zero-order valence-corrected chi connectivity index (χ0v) is 8.65. The predicted molar refractivity (Wildman–Crippen MR) is 51.2 cm³/mol. The SMILES string of the molecule is CC(C#N)CNCC(C)S(C)=O. The lowest BCUT2D eigenvalue weighted by Crippen LogP contribution is -2.30. The van der Waals surface area contributed by atoms with E-state index >= 15 is 0 Å². The van der Waals surface area contributed by atoms with Crippen LogP contribution in [-0.4, -0.2) is 28.8 Å². The summed E-state index contributed by atoms with van der Waals surface area (Å²) in [5.41, 5.74) is 0. The highest BCUT2D eigenvalue weighted by Gasteiger charge is 2.05. The van der Waals surface area contributed by atoms with Gasteiger partial charge in [0.1, 0.15) is 0 Å². The molecule has 3 atom stereocenters. The van der Waals surface area contributed by atoms with Crippen molar-refractivity contribution in [1.82, 2.24) is 5.32 Å². The van der Waals surface area contributed by atoms with Crippen molar-refractivity contribution in [3.63, 3.8) is 0 Å². The van der Waals surface area contributed by atoms with Gasteiger partial charge in [0.25, 0.3) is 0 Å². The third-order valence-corrected chi connectivity index (χ3v) is 2.97. The quantitative estimate of drug-likeness (QED) is 0.683. The van der Waals surface area contributed by atoms with Gasteiger partial charge in [-0.05, 0) is 13.8 Å². The maximum absolute atomic E-state index is 10.9. The fourth-order valence-electron chi connectivity index (χ4n) is 0.666. The molecule has 3 unspecified atom stereocenters. The molecule has 0 saturated carbocycles. The third-order valence-electron chi connectivity index (χ3n) is 1.67. The molecule has 0 aliphatic rings. The van der Waals surface area contributed by atoms with Gasteiger partial charge in [-0.2, -0.15) is 5.26 Å². The molecular formula is C8H16N2OS. The Hall–Kier alpha value is -0.400. The van der Waals surface area contributed by atoms with Gasteiger partial charge in [0.15, 0.2) is 0 Å². The summed E-state index contributed by atoms with van der Waals surface area (Å²) >= 11 is 0. The number of rotatable bonds is 5. The molecule has 0 aromatic rings. The average Bonchev–Trinajstić information content (AvgIpc) is 2.03. The van der Waals surface area contributed by atoms with Crippen LogP contribution in [0.5, 0.6) is 0 Å². The van der Waals surface area contributed by atoms with Crippen LogP contribution in [0.2, 0.25) is 0 Å². The molecule has 0 amide bonds. The summed E-state index contributed by atoms with van der Waals surface area (Å²) in [6.45, 7) is 5.19. The summed E-state index contributed by atoms with van der Waals surface area (Å²) in [4.78, 5) is 0. The van der Waals surface area contributed by atoms with E-state index in [1.54, 1.807) is 6.26 Å². The van der Waals surface area contributed by atoms with E-state index in [9.17, 15) is 4.21 Å². The maximum Gasteiger partial charge on any atom is 0.0666 e. The summed E-state index contributed by atoms with van der Waals surface area (Å²) in [5, 5.41) is 11.7. The van der Waals surface area contributed by atoms with Crippen molar-refractivity contribution in [2.24, 2.45) is 5.92 Å². The summed E-state index contributed by atoms with van der Waals surface area (Å²) < 4.78 is 10.9. The minimum absolute atomic E-state index is 0.0301. The van der Waals surface area contributed by atoms with Crippen molar-refractivity contribution < 1.29 is 4.21 Å². The molecule has 0 heterocycles. The summed E-state index contributed by atoms with van der Waals surface area (Å²) in [6.07, 6.45) is 1.69. The van der Waals surface area contributed by atoms with Crippen LogP contribution in [0, 0.1) is 17.2 Å². The van der Waals surface area contributed by atoms with Gasteiger partial charge in [0, 0.05) is 35.4 Å². The number of hydrogen-bond donors (Lipinski definition) is 1. The first kappa shape index (κ1) is 11.6. The Balaban J connectivity index is 3.45. The Morgan fingerprint density at radius 3 is 2.50 bits per heavy atom. The van der Waals surface area contributed by atoms with E-state index in [0.717, 1.165) is 6.54 Å². The summed E-state index contributed by atoms with van der Waals surface area (Å²) in [6, 6.07) is 2.13. The predicted octanol–water partition coefficient (Wildman–Crippen LogP) is 0.503. The lowest BCUT2D eigenvalue weighted by atomic mass is 10.2. The van der Waals surface area contributed by atoms with E-state index < -0.39 is 10.8 Å². The molecular weight excluding hydrogens is 172 g/mol. The Kier molecular flexibility index (Phi) is 5.95. The van der Waals surface area contributed by atoms with Crippen molar-refractivity contribution in [3.8, 4) is 6.07 Å². The first-order chi connectivity index (χ1) is 5.57. The first-order valence-electron chi connectivity index (χ1n) is 4.00. The van der Waals surface area contributed by atoms with E-state index in [4.69, 9.17) is 5.26 Å². The standard InChI is InChI=1S/C8H16N2OS/c1-7(4-9)5-10-6-8(2)12(3)11/h7-8,10H,5-6H2,1-3H3. The van der Waals surface area contributed by atoms with E-state index in [1.807, 2.05) is 13.8 Å². The van der Waals surface area contributed by atoms with E-state index in [-0.39, 0.29) is 11.2 Å². The average molecular weight is 188 g/mol. The molecule has 0 radical (unpaired) electrons. The van der Waals surface area contributed by atoms with Gasteiger partial charge in [-0.1, -0.05) is 0 Å². The van der Waals surface area contributed by atoms with Gasteiger partial charge < -0.3 is 5.32 Å². The molecule has 0 aliphatic heterocycles. The van der Waals surface area contributed by atoms with Crippen LogP contribution in [0.25, 0.3) is 0 Å². The highest BCUT2D eigenvalue weighted by molar-refractivity contribution is 7.84. The van der Waals surface area contributed by atoms with Gasteiger partial charge in [-0.3, -0.25) is 4.21 Å². The molecule has 0 aromatic heterocycles. The number of nitrogens with one attached hydrogen (secondary N) is 1. The zero-order valence-electron chi connectivity index (χ0n) is 7.83. The second-order valence-electron chi connectivity index (χ2n) is 3.00. The van der Waals surface area contributed by atoms with Crippen LogP contribution >= 0.6 is 0 Å². The monoisotopic (exact) mass is 188 g/mol. The molecule has 4 heteroatoms. The molecule has 0 rings (SSSR count). The Morgan fingerprint density at radius 2 is 2.08 bits per heavy atom. The van der Waals surface area contributed by atoms with Crippen LogP contribution in [0.3, 0.4) is 0 Å². The molecule has 0 saturated heterocycles. The molecule has 0 spiro atoms. The molecule has 0 bridgehead atoms. The van der Waals surface area contributed by atoms with Gasteiger partial charge in [0.05, 0.1) is 12.0 Å². The highest BCUT2D eigenvalue weighted by atomic mass is 32.2. The van der Waals surface area contributed by atoms with Gasteiger partial charge >= 0.3 is 0 Å². The van der Waals surface area contributed by atoms with Crippen LogP contribution in [0.15, 0.2) is 0 Å². The van der Waals surface area contributed by atoms with E-state index in [0.29, 0.717) is 6.54 Å². The van der Waals surface area contributed by atoms with Crippen molar-refractivity contribution in [1.29, 1.82) is 5.26 Å². The lowest BCUT2D eigenvalue weighted by molar-refractivity contribution is 0.593. The van der Waals surface area contributed by atoms with Crippen LogP contribution in [0.1, 0.15) is 13.8 Å². The van der Waals surface area contributed by atoms with Crippen molar-refractivity contribution in [2.45, 2.75) is 19.1 Å². The largest absolute Gasteiger partial charge is 0.314 e. The van der Waals surface area contributed by atoms with Crippen LogP contribution in [-0.2, 0) is 10.8 Å². The Morgan fingerprint density at radius 1 is 1.50 bits per heavy atom. The molecule has 1 N–H and O–H groups in total. The van der Waals surface area contributed by atoms with Crippen molar-refractivity contribution in [3.05, 3.63) is 0 Å². The summed E-state index contributed by atoms with van der Waals surface area (Å²) in [5.74, 6) is 0.0301. The second kappa shape index (κ2) is 6.15. The molecule has 3 nitrogen and oxygen atoms in total. The topological polar surface area (TPSA) is 52.9 Å². The van der Waals surface area contributed by atoms with Crippen LogP contribution in [0.4, 0.5) is 0 Å². The van der Waals surface area contributed by atoms with Crippen molar-refractivity contribution >= 4 is 10.8 Å². The molecule has 70 valence electrons. The molecule has 12 heavy (non-hydrogen) atoms. The number of nitrogens with zero attached hydrogens (tertiary/aromatic N) is 1. The van der Waals surface area contributed by atoms with Gasteiger partial charge in [-0.15, -0.1) is 0 Å². The number of nitriles is 1. The normalized spacial score (nSPS) is 17.8. The summed E-state index contributed by atoms with van der Waals surface area (Å²) in [7, 11) is -0.772. The third kappa shape index (κ3) is 5.28. The van der Waals surface area contributed by atoms with E-state index in [2.05, 4.69) is 11.4 Å². The molecule has 0 aromatic carbocycles. The fraction of sp³-hybridized carbons (Fsp3) is 0.875. The van der Waals surface area contributed by atoms with Crippen LogP contribution < -0.4 is 5.32 Å². The Bertz CT molecular complexity index is 188. The Labute approximate surface area is 76.6 Å². The second-order valence-corrected chi connectivity index (χ2v) is 4.80. The molecule has 0 fully saturated rings. The van der Waals surface area contributed by atoms with Gasteiger partial charge in [0.2, 0.25) is 0 Å². The minimum atomic E-state index is -0.772. The fourth-order valence-corrected chi connectivity index (χ4v) is 1.02. The minimum Gasteiger partial charge on any atom is -0.314 e. The maximum atomic E-state index is 10.9. The van der Waals surface area contributed by atoms with Gasteiger partial charge in [-0.25, -0.2) is 0 Å². The number of hydrogen-bond acceptors (Lipinski definition) is 3. The van der Waals surface area contributed by atoms with E-state index in [1.165, 1.54) is 0 Å². The van der Waals surface area contributed by atoms with Crippen molar-refractivity contribution in [2.75, 3.05) is 19.3 Å². The lowest BCUT2D eigenvalue weighted by Gasteiger charge is -2.10. The molecule has 0 aliphatic carbocycles.